The Balaban J connectivity index is 1.99. The monoisotopic (exact) mass is 504 g/mol. The van der Waals surface area contributed by atoms with Gasteiger partial charge in [0, 0.05) is 31.0 Å². The van der Waals surface area contributed by atoms with E-state index in [1.807, 2.05) is 0 Å². The maximum atomic E-state index is 12.7. The molecule has 1 aromatic rings. The van der Waals surface area contributed by atoms with Crippen LogP contribution in [0.1, 0.15) is 12.0 Å². The summed E-state index contributed by atoms with van der Waals surface area (Å²) in [5.41, 5.74) is 5.49. The van der Waals surface area contributed by atoms with E-state index in [-0.39, 0.29) is 36.8 Å². The molecule has 1 saturated heterocycles. The molecule has 0 bridgehead atoms. The van der Waals surface area contributed by atoms with Crippen LogP contribution in [-0.4, -0.2) is 84.7 Å². The number of nitrogens with zero attached hydrogens (tertiary/aromatic N) is 3. The molecule has 0 aromatic heterocycles. The number of amides is 4. The lowest BCUT2D eigenvalue weighted by atomic mass is 10.2. The number of urea groups is 1. The predicted octanol–water partition coefficient (Wildman–Crippen LogP) is 0.921. The summed E-state index contributed by atoms with van der Waals surface area (Å²) in [7, 11) is -2.51. The molecule has 1 aromatic carbocycles. The predicted molar refractivity (Wildman–Crippen MR) is 118 cm³/mol. The third-order valence-corrected chi connectivity index (χ3v) is 6.36. The summed E-state index contributed by atoms with van der Waals surface area (Å²) >= 11 is 1.15. The van der Waals surface area contributed by atoms with Gasteiger partial charge in [-0.15, -0.1) is 11.8 Å². The molecule has 0 saturated carbocycles. The second kappa shape index (κ2) is 11.3. The fraction of sp³-hybridized carbons (Fsp3) is 0.500. The van der Waals surface area contributed by atoms with Crippen molar-refractivity contribution in [1.82, 2.24) is 9.80 Å². The number of primary amides is 1. The lowest BCUT2D eigenvalue weighted by molar-refractivity contribution is -0.384. The highest BCUT2D eigenvalue weighted by Gasteiger charge is 2.38. The molecule has 2 rings (SSSR count). The largest absolute Gasteiger partial charge is 0.445 e. The number of nitrogens with two attached hydrogens (primary N) is 1. The topological polar surface area (TPSA) is 179 Å². The number of hydrogen-bond acceptors (Lipinski definition) is 10. The molecular formula is C18H24N4O9S2. The van der Waals surface area contributed by atoms with Gasteiger partial charge in [0.1, 0.15) is 6.61 Å². The maximum absolute atomic E-state index is 12.7. The number of thioether (sulfide) groups is 1. The van der Waals surface area contributed by atoms with Crippen LogP contribution in [0.5, 0.6) is 0 Å². The average Bonchev–Trinajstić information content (AvgIpc) is 3.12. The second-order valence-electron chi connectivity index (χ2n) is 7.25. The fourth-order valence-electron chi connectivity index (χ4n) is 3.02. The Morgan fingerprint density at radius 2 is 1.94 bits per heavy atom. The van der Waals surface area contributed by atoms with Crippen molar-refractivity contribution in [2.75, 3.05) is 31.4 Å². The molecule has 13 nitrogen and oxygen atoms in total. The standard InChI is InChI=1S/C18H24N4O9S2/c1-20(17(19)24)16(23)11-32-10-14-7-15(31-33(2,28)29)8-21(14)18(25)30-9-12-3-5-13(6-4-12)22(26)27/h3-6,14-15H,7-11H2,1-2H3,(H2,19,24)/t14-,15-/m0/s1. The molecule has 0 spiro atoms. The highest BCUT2D eigenvalue weighted by Crippen LogP contribution is 2.26. The van der Waals surface area contributed by atoms with E-state index in [4.69, 9.17) is 14.7 Å². The van der Waals surface area contributed by atoms with Crippen LogP contribution in [-0.2, 0) is 30.4 Å². The first kappa shape index (κ1) is 26.3. The maximum Gasteiger partial charge on any atom is 0.410 e. The molecule has 2 atom stereocenters. The van der Waals surface area contributed by atoms with Crippen molar-refractivity contribution >= 4 is 45.6 Å². The van der Waals surface area contributed by atoms with Gasteiger partial charge in [-0.3, -0.25) is 24.0 Å². The third kappa shape index (κ3) is 8.18. The van der Waals surface area contributed by atoms with Gasteiger partial charge in [0.05, 0.1) is 29.6 Å². The van der Waals surface area contributed by atoms with E-state index in [9.17, 15) is 32.9 Å². The van der Waals surface area contributed by atoms with Crippen molar-refractivity contribution in [2.24, 2.45) is 5.73 Å². The summed E-state index contributed by atoms with van der Waals surface area (Å²) in [5, 5.41) is 10.7. The number of ether oxygens (including phenoxy) is 1. The summed E-state index contributed by atoms with van der Waals surface area (Å²) in [6.45, 7) is -0.181. The number of nitro groups is 1. The van der Waals surface area contributed by atoms with Crippen LogP contribution >= 0.6 is 11.8 Å². The van der Waals surface area contributed by atoms with E-state index < -0.39 is 45.2 Å². The van der Waals surface area contributed by atoms with Gasteiger partial charge in [-0.2, -0.15) is 8.42 Å². The zero-order valence-corrected chi connectivity index (χ0v) is 19.5. The number of hydrogen-bond donors (Lipinski definition) is 1. The van der Waals surface area contributed by atoms with Gasteiger partial charge in [-0.25, -0.2) is 9.59 Å². The number of imide groups is 1. The van der Waals surface area contributed by atoms with E-state index in [1.165, 1.54) is 36.2 Å². The summed E-state index contributed by atoms with van der Waals surface area (Å²) < 4.78 is 33.3. The van der Waals surface area contributed by atoms with Gasteiger partial charge >= 0.3 is 12.1 Å². The Hall–Kier alpha value is -2.91. The molecular weight excluding hydrogens is 480 g/mol. The number of carbonyl (C=O) groups is 3. The Labute approximate surface area is 194 Å². The highest BCUT2D eigenvalue weighted by atomic mass is 32.2. The van der Waals surface area contributed by atoms with Gasteiger partial charge in [0.15, 0.2) is 0 Å². The molecule has 1 aliphatic rings. The van der Waals surface area contributed by atoms with Crippen LogP contribution in [0, 0.1) is 10.1 Å². The van der Waals surface area contributed by atoms with Crippen LogP contribution in [0.15, 0.2) is 24.3 Å². The first-order chi connectivity index (χ1) is 15.4. The van der Waals surface area contributed by atoms with Crippen molar-refractivity contribution < 1.29 is 36.6 Å². The van der Waals surface area contributed by atoms with Gasteiger partial charge in [-0.05, 0) is 24.1 Å². The number of rotatable bonds is 9. The minimum Gasteiger partial charge on any atom is -0.445 e. The quantitative estimate of drug-likeness (QED) is 0.289. The molecule has 2 N–H and O–H groups in total. The highest BCUT2D eigenvalue weighted by molar-refractivity contribution is 8.00. The van der Waals surface area contributed by atoms with Crippen molar-refractivity contribution in [2.45, 2.75) is 25.2 Å². The lowest BCUT2D eigenvalue weighted by Gasteiger charge is -2.23. The van der Waals surface area contributed by atoms with Crippen molar-refractivity contribution in [3.05, 3.63) is 39.9 Å². The van der Waals surface area contributed by atoms with Crippen LogP contribution in [0.3, 0.4) is 0 Å². The molecule has 0 aliphatic carbocycles. The summed E-state index contributed by atoms with van der Waals surface area (Å²) in [6.07, 6.45) is -0.391. The Bertz CT molecular complexity index is 1000. The minimum atomic E-state index is -3.75. The first-order valence-corrected chi connectivity index (χ1v) is 12.5. The van der Waals surface area contributed by atoms with E-state index in [0.717, 1.165) is 22.9 Å². The van der Waals surface area contributed by atoms with E-state index in [0.29, 0.717) is 5.56 Å². The first-order valence-electron chi connectivity index (χ1n) is 9.56. The minimum absolute atomic E-state index is 0.0352. The molecule has 4 amide bonds. The van der Waals surface area contributed by atoms with Crippen molar-refractivity contribution in [1.29, 1.82) is 0 Å². The van der Waals surface area contributed by atoms with Gasteiger partial charge in [0.25, 0.3) is 15.8 Å². The molecule has 182 valence electrons. The SMILES string of the molecule is CN(C(N)=O)C(=O)CSC[C@@H]1C[C@H](OS(C)(=O)=O)CN1C(=O)OCc1ccc([N+](=O)[O-])cc1. The Morgan fingerprint density at radius 1 is 1.30 bits per heavy atom. The number of carbonyl (C=O) groups excluding carboxylic acids is 3. The molecule has 33 heavy (non-hydrogen) atoms. The smallest absolute Gasteiger partial charge is 0.410 e. The van der Waals surface area contributed by atoms with Crippen molar-refractivity contribution in [3.63, 3.8) is 0 Å². The third-order valence-electron chi connectivity index (χ3n) is 4.67. The van der Waals surface area contributed by atoms with Crippen LogP contribution in [0.25, 0.3) is 0 Å². The van der Waals surface area contributed by atoms with Crippen molar-refractivity contribution in [3.8, 4) is 0 Å². The summed E-state index contributed by atoms with van der Waals surface area (Å²) in [5.74, 6) is -0.324. The normalized spacial score (nSPS) is 18.1. The fourth-order valence-corrected chi connectivity index (χ4v) is 4.72. The second-order valence-corrected chi connectivity index (χ2v) is 9.88. The molecule has 15 heteroatoms. The Morgan fingerprint density at radius 3 is 2.48 bits per heavy atom. The number of nitro benzene ring substituents is 1. The molecule has 0 unspecified atom stereocenters. The molecule has 1 aliphatic heterocycles. The Kier molecular flexibility index (Phi) is 9.01. The van der Waals surface area contributed by atoms with E-state index in [2.05, 4.69) is 0 Å². The van der Waals surface area contributed by atoms with Gasteiger partial charge in [0.2, 0.25) is 5.91 Å². The zero-order valence-electron chi connectivity index (χ0n) is 17.9. The number of non-ortho nitro benzene ring substituents is 1. The summed E-state index contributed by atoms with van der Waals surface area (Å²) in [6, 6.07) is 4.11. The van der Waals surface area contributed by atoms with Crippen LogP contribution in [0.2, 0.25) is 0 Å². The molecule has 0 radical (unpaired) electrons. The molecule has 1 heterocycles. The van der Waals surface area contributed by atoms with E-state index in [1.54, 1.807) is 0 Å². The number of benzene rings is 1. The summed E-state index contributed by atoms with van der Waals surface area (Å²) in [4.78, 5) is 47.9. The van der Waals surface area contributed by atoms with Crippen LogP contribution < -0.4 is 5.73 Å². The van der Waals surface area contributed by atoms with E-state index >= 15 is 0 Å². The number of likely N-dealkylation sites (tertiary alicyclic amines) is 1. The van der Waals surface area contributed by atoms with Gasteiger partial charge in [-0.1, -0.05) is 0 Å². The average molecular weight is 505 g/mol. The lowest BCUT2D eigenvalue weighted by Crippen LogP contribution is -2.39. The van der Waals surface area contributed by atoms with Gasteiger partial charge < -0.3 is 15.4 Å². The van der Waals surface area contributed by atoms with Crippen LogP contribution in [0.4, 0.5) is 15.3 Å². The molecule has 1 fully saturated rings. The zero-order chi connectivity index (χ0) is 24.8.